The van der Waals surface area contributed by atoms with Gasteiger partial charge < -0.3 is 5.73 Å². The minimum absolute atomic E-state index is 0. The molecule has 1 aliphatic rings. The fourth-order valence-electron chi connectivity index (χ4n) is 2.77. The van der Waals surface area contributed by atoms with Crippen LogP contribution in [0.25, 0.3) is 0 Å². The van der Waals surface area contributed by atoms with Crippen LogP contribution in [0.4, 0.5) is 0 Å². The molecule has 1 aliphatic heterocycles. The molecule has 1 fully saturated rings. The first-order valence-corrected chi connectivity index (χ1v) is 6.20. The molecule has 3 heteroatoms. The van der Waals surface area contributed by atoms with E-state index < -0.39 is 0 Å². The zero-order valence-electron chi connectivity index (χ0n) is 10.8. The van der Waals surface area contributed by atoms with Crippen molar-refractivity contribution >= 4 is 12.4 Å². The molecule has 2 nitrogen and oxygen atoms in total. The number of aryl methyl sites for hydroxylation is 2. The maximum absolute atomic E-state index is 5.80. The summed E-state index contributed by atoms with van der Waals surface area (Å²) in [5.74, 6) is 0. The normalized spacial score (nSPS) is 20.3. The second-order valence-corrected chi connectivity index (χ2v) is 5.00. The lowest BCUT2D eigenvalue weighted by molar-refractivity contribution is 0.250. The molecule has 0 amide bonds. The maximum Gasteiger partial charge on any atom is 0.0237 e. The van der Waals surface area contributed by atoms with Gasteiger partial charge in [-0.25, -0.2) is 0 Å². The van der Waals surface area contributed by atoms with Gasteiger partial charge >= 0.3 is 0 Å². The number of nitrogens with two attached hydrogens (primary N) is 1. The van der Waals surface area contributed by atoms with Crippen LogP contribution in [0.5, 0.6) is 0 Å². The smallest absolute Gasteiger partial charge is 0.0237 e. The van der Waals surface area contributed by atoms with Gasteiger partial charge in [-0.3, -0.25) is 4.90 Å². The van der Waals surface area contributed by atoms with Crippen molar-refractivity contribution < 1.29 is 0 Å². The topological polar surface area (TPSA) is 29.3 Å². The van der Waals surface area contributed by atoms with Crippen LogP contribution >= 0.6 is 12.4 Å². The van der Waals surface area contributed by atoms with Crippen LogP contribution in [0.3, 0.4) is 0 Å². The van der Waals surface area contributed by atoms with Crippen molar-refractivity contribution in [2.24, 2.45) is 5.73 Å². The molecule has 0 saturated carbocycles. The summed E-state index contributed by atoms with van der Waals surface area (Å²) in [6.45, 7) is 7.39. The van der Waals surface area contributed by atoms with Gasteiger partial charge in [0.2, 0.25) is 0 Å². The Morgan fingerprint density at radius 3 is 2.47 bits per heavy atom. The fraction of sp³-hybridized carbons (Fsp3) is 0.571. The molecule has 0 aliphatic carbocycles. The van der Waals surface area contributed by atoms with E-state index >= 15 is 0 Å². The van der Waals surface area contributed by atoms with Crippen LogP contribution in [0.2, 0.25) is 0 Å². The van der Waals surface area contributed by atoms with E-state index in [1.165, 1.54) is 36.1 Å². The van der Waals surface area contributed by atoms with Gasteiger partial charge in [0.25, 0.3) is 0 Å². The third-order valence-electron chi connectivity index (χ3n) is 3.44. The Labute approximate surface area is 111 Å². The molecule has 2 rings (SSSR count). The minimum Gasteiger partial charge on any atom is -0.329 e. The van der Waals surface area contributed by atoms with Crippen LogP contribution in [0.1, 0.15) is 29.5 Å². The van der Waals surface area contributed by atoms with Crippen LogP contribution in [0, 0.1) is 13.8 Å². The molecule has 0 spiro atoms. The van der Waals surface area contributed by atoms with Gasteiger partial charge in [-0.15, -0.1) is 12.4 Å². The Morgan fingerprint density at radius 1 is 1.24 bits per heavy atom. The third kappa shape index (κ3) is 3.70. The Bertz CT molecular complexity index is 345. The second-order valence-electron chi connectivity index (χ2n) is 5.00. The van der Waals surface area contributed by atoms with Crippen molar-refractivity contribution in [2.75, 3.05) is 13.1 Å². The molecule has 96 valence electrons. The lowest BCUT2D eigenvalue weighted by Crippen LogP contribution is -2.34. The lowest BCUT2D eigenvalue weighted by atomic mass is 10.1. The van der Waals surface area contributed by atoms with Crippen LogP contribution in [-0.4, -0.2) is 24.0 Å². The number of nitrogens with zero attached hydrogens (tertiary/aromatic N) is 1. The number of rotatable bonds is 3. The van der Waals surface area contributed by atoms with Gasteiger partial charge in [0.15, 0.2) is 0 Å². The van der Waals surface area contributed by atoms with Gasteiger partial charge in [-0.05, 0) is 38.8 Å². The summed E-state index contributed by atoms with van der Waals surface area (Å²) in [5, 5.41) is 0. The second kappa shape index (κ2) is 6.39. The molecule has 1 aromatic carbocycles. The van der Waals surface area contributed by atoms with Crippen molar-refractivity contribution in [2.45, 2.75) is 39.3 Å². The third-order valence-corrected chi connectivity index (χ3v) is 3.44. The summed E-state index contributed by atoms with van der Waals surface area (Å²) >= 11 is 0. The highest BCUT2D eigenvalue weighted by Crippen LogP contribution is 2.20. The van der Waals surface area contributed by atoms with Gasteiger partial charge in [0, 0.05) is 19.1 Å². The van der Waals surface area contributed by atoms with Crippen molar-refractivity contribution in [1.82, 2.24) is 4.90 Å². The first-order chi connectivity index (χ1) is 7.69. The van der Waals surface area contributed by atoms with Crippen molar-refractivity contribution in [3.8, 4) is 0 Å². The van der Waals surface area contributed by atoms with E-state index in [4.69, 9.17) is 5.73 Å². The molecule has 0 bridgehead atoms. The molecule has 0 aromatic heterocycles. The monoisotopic (exact) mass is 254 g/mol. The number of hydrogen-bond acceptors (Lipinski definition) is 2. The van der Waals surface area contributed by atoms with Crippen molar-refractivity contribution in [1.29, 1.82) is 0 Å². The summed E-state index contributed by atoms with van der Waals surface area (Å²) < 4.78 is 0. The van der Waals surface area contributed by atoms with Gasteiger partial charge in [-0.2, -0.15) is 0 Å². The highest BCUT2D eigenvalue weighted by Gasteiger charge is 2.22. The van der Waals surface area contributed by atoms with E-state index in [9.17, 15) is 0 Å². The molecule has 1 saturated heterocycles. The Kier molecular flexibility index (Phi) is 5.44. The van der Waals surface area contributed by atoms with Crippen LogP contribution in [-0.2, 0) is 6.54 Å². The quantitative estimate of drug-likeness (QED) is 0.899. The molecule has 2 N–H and O–H groups in total. The van der Waals surface area contributed by atoms with Gasteiger partial charge in [0.1, 0.15) is 0 Å². The van der Waals surface area contributed by atoms with Gasteiger partial charge in [0.05, 0.1) is 0 Å². The highest BCUT2D eigenvalue weighted by molar-refractivity contribution is 5.85. The lowest BCUT2D eigenvalue weighted by Gasteiger charge is -2.23. The standard InChI is InChI=1S/C14H22N2.ClH/c1-11-6-12(2)8-13(7-11)10-16-5-3-4-14(16)9-15;/h6-8,14H,3-5,9-10,15H2,1-2H3;1H. The van der Waals surface area contributed by atoms with E-state index in [1.54, 1.807) is 0 Å². The first kappa shape index (κ1) is 14.5. The fourth-order valence-corrected chi connectivity index (χ4v) is 2.77. The number of likely N-dealkylation sites (tertiary alicyclic amines) is 1. The Balaban J connectivity index is 0.00000144. The molecule has 1 heterocycles. The minimum atomic E-state index is 0. The summed E-state index contributed by atoms with van der Waals surface area (Å²) in [6, 6.07) is 7.41. The zero-order chi connectivity index (χ0) is 11.5. The Morgan fingerprint density at radius 2 is 1.88 bits per heavy atom. The average molecular weight is 255 g/mol. The van der Waals surface area contributed by atoms with Gasteiger partial charge in [-0.1, -0.05) is 29.3 Å². The molecule has 17 heavy (non-hydrogen) atoms. The number of hydrogen-bond donors (Lipinski definition) is 1. The van der Waals surface area contributed by atoms with Crippen LogP contribution in [0.15, 0.2) is 18.2 Å². The summed E-state index contributed by atoms with van der Waals surface area (Å²) in [5.41, 5.74) is 9.94. The number of halogens is 1. The largest absolute Gasteiger partial charge is 0.329 e. The average Bonchev–Trinajstić information content (AvgIpc) is 2.63. The van der Waals surface area contributed by atoms with E-state index in [1.807, 2.05) is 0 Å². The van der Waals surface area contributed by atoms with E-state index in [0.29, 0.717) is 6.04 Å². The molecule has 1 unspecified atom stereocenters. The molecule has 0 radical (unpaired) electrons. The van der Waals surface area contributed by atoms with E-state index in [0.717, 1.165) is 13.1 Å². The maximum atomic E-state index is 5.80. The molecular weight excluding hydrogens is 232 g/mol. The summed E-state index contributed by atoms with van der Waals surface area (Å²) in [7, 11) is 0. The SMILES string of the molecule is Cc1cc(C)cc(CN2CCCC2CN)c1.Cl. The van der Waals surface area contributed by atoms with Crippen LogP contribution < -0.4 is 5.73 Å². The Hall–Kier alpha value is -0.570. The zero-order valence-corrected chi connectivity index (χ0v) is 11.6. The number of benzene rings is 1. The predicted octanol–water partition coefficient (Wildman–Crippen LogP) is 2.65. The van der Waals surface area contributed by atoms with Crippen molar-refractivity contribution in [3.05, 3.63) is 34.9 Å². The molecule has 1 aromatic rings. The van der Waals surface area contributed by atoms with Crippen molar-refractivity contribution in [3.63, 3.8) is 0 Å². The highest BCUT2D eigenvalue weighted by atomic mass is 35.5. The molecule has 1 atom stereocenters. The molecular formula is C14H23ClN2. The summed E-state index contributed by atoms with van der Waals surface area (Å²) in [6.07, 6.45) is 2.56. The summed E-state index contributed by atoms with van der Waals surface area (Å²) in [4.78, 5) is 2.52. The first-order valence-electron chi connectivity index (χ1n) is 6.20. The van der Waals surface area contributed by atoms with E-state index in [-0.39, 0.29) is 12.4 Å². The predicted molar refractivity (Wildman–Crippen MR) is 75.7 cm³/mol. The van der Waals surface area contributed by atoms with E-state index in [2.05, 4.69) is 36.9 Å².